The molecule has 3 aromatic rings. The van der Waals surface area contributed by atoms with Gasteiger partial charge in [0.2, 0.25) is 5.91 Å². The van der Waals surface area contributed by atoms with E-state index in [-0.39, 0.29) is 37.8 Å². The normalized spacial score (nSPS) is 10.7. The number of ether oxygens (including phenoxy) is 3. The highest BCUT2D eigenvalue weighted by Crippen LogP contribution is 2.33. The number of aliphatic carboxylic acids is 1. The van der Waals surface area contributed by atoms with Crippen molar-refractivity contribution in [2.75, 3.05) is 27.4 Å². The molecule has 0 spiro atoms. The maximum atomic E-state index is 13.7. The number of carbonyl (C=O) groups is 2. The molecule has 0 atom stereocenters. The second-order valence-corrected chi connectivity index (χ2v) is 7.99. The van der Waals surface area contributed by atoms with Crippen LogP contribution >= 0.6 is 0 Å². The number of carboxylic acids is 1. The molecule has 0 radical (unpaired) electrons. The summed E-state index contributed by atoms with van der Waals surface area (Å²) >= 11 is 0. The molecule has 9 heteroatoms. The van der Waals surface area contributed by atoms with Gasteiger partial charge in [0.05, 0.1) is 20.1 Å². The smallest absolute Gasteiger partial charge is 0.323 e. The van der Waals surface area contributed by atoms with Gasteiger partial charge in [-0.1, -0.05) is 36.4 Å². The fourth-order valence-electron chi connectivity index (χ4n) is 3.60. The Morgan fingerprint density at radius 3 is 2.31 bits per heavy atom. The minimum atomic E-state index is -1.09. The van der Waals surface area contributed by atoms with Gasteiger partial charge >= 0.3 is 5.97 Å². The molecule has 0 aliphatic rings. The first-order chi connectivity index (χ1) is 17.3. The van der Waals surface area contributed by atoms with Gasteiger partial charge in [0.25, 0.3) is 0 Å². The lowest BCUT2D eigenvalue weighted by Gasteiger charge is -2.21. The molecule has 0 fully saturated rings. The van der Waals surface area contributed by atoms with Crippen LogP contribution in [-0.4, -0.2) is 49.3 Å². The third-order valence-corrected chi connectivity index (χ3v) is 5.38. The van der Waals surface area contributed by atoms with E-state index < -0.39 is 24.1 Å². The molecule has 0 aliphatic heterocycles. The quantitative estimate of drug-likeness (QED) is 0.390. The predicted molar refractivity (Wildman–Crippen MR) is 129 cm³/mol. The lowest BCUT2D eigenvalue weighted by Crippen LogP contribution is -2.35. The van der Waals surface area contributed by atoms with Gasteiger partial charge in [-0.25, -0.2) is 8.78 Å². The topological polar surface area (TPSA) is 85.3 Å². The van der Waals surface area contributed by atoms with Crippen molar-refractivity contribution < 1.29 is 37.7 Å². The summed E-state index contributed by atoms with van der Waals surface area (Å²) in [6, 6.07) is 16.3. The van der Waals surface area contributed by atoms with Gasteiger partial charge in [-0.15, -0.1) is 0 Å². The zero-order valence-electron chi connectivity index (χ0n) is 20.0. The lowest BCUT2D eigenvalue weighted by molar-refractivity contribution is -0.145. The van der Waals surface area contributed by atoms with Crippen molar-refractivity contribution >= 4 is 11.9 Å². The zero-order chi connectivity index (χ0) is 26.1. The lowest BCUT2D eigenvalue weighted by atomic mass is 10.0. The van der Waals surface area contributed by atoms with Gasteiger partial charge < -0.3 is 24.2 Å². The maximum absolute atomic E-state index is 13.7. The Kier molecular flexibility index (Phi) is 9.35. The van der Waals surface area contributed by atoms with Gasteiger partial charge in [0.1, 0.15) is 24.7 Å². The van der Waals surface area contributed by atoms with Crippen LogP contribution in [0.3, 0.4) is 0 Å². The summed E-state index contributed by atoms with van der Waals surface area (Å²) in [6.07, 6.45) is 0.0962. The van der Waals surface area contributed by atoms with Gasteiger partial charge in [-0.3, -0.25) is 9.59 Å². The molecule has 0 heterocycles. The van der Waals surface area contributed by atoms with Crippen LogP contribution in [0.5, 0.6) is 11.5 Å². The third kappa shape index (κ3) is 7.26. The third-order valence-electron chi connectivity index (χ3n) is 5.38. The highest BCUT2D eigenvalue weighted by molar-refractivity contribution is 5.81. The molecule has 0 saturated carbocycles. The molecular formula is C27H27F2NO6. The van der Waals surface area contributed by atoms with Gasteiger partial charge in [0, 0.05) is 25.3 Å². The minimum absolute atomic E-state index is 0.0962. The Morgan fingerprint density at radius 2 is 1.64 bits per heavy atom. The fraction of sp³-hybridized carbons (Fsp3) is 0.259. The number of carbonyl (C=O) groups excluding carboxylic acids is 1. The number of hydrogen-bond acceptors (Lipinski definition) is 5. The van der Waals surface area contributed by atoms with Crippen LogP contribution in [0.2, 0.25) is 0 Å². The Labute approximate surface area is 207 Å². The van der Waals surface area contributed by atoms with Crippen LogP contribution in [0.25, 0.3) is 11.1 Å². The molecule has 0 saturated heterocycles. The number of methoxy groups -OCH3 is 2. The maximum Gasteiger partial charge on any atom is 0.323 e. The van der Waals surface area contributed by atoms with Crippen LogP contribution in [-0.2, 0) is 27.5 Å². The molecule has 3 aromatic carbocycles. The first-order valence-electron chi connectivity index (χ1n) is 11.1. The number of benzene rings is 3. The second-order valence-electron chi connectivity index (χ2n) is 7.99. The van der Waals surface area contributed by atoms with Crippen molar-refractivity contribution in [3.05, 3.63) is 83.4 Å². The molecule has 0 bridgehead atoms. The standard InChI is InChI=1S/C27H27F2NO6/c1-34-11-10-26(31)30(16-27(32)33)15-18-4-3-5-19(12-18)17-36-21-8-6-20(7-9-21)22-13-23(28)24(29)14-25(22)35-2/h3-9,12-14H,10-11,15-17H2,1-2H3,(H,32,33). The summed E-state index contributed by atoms with van der Waals surface area (Å²) in [6.45, 7) is 0.189. The highest BCUT2D eigenvalue weighted by Gasteiger charge is 2.17. The van der Waals surface area contributed by atoms with Gasteiger partial charge in [-0.2, -0.15) is 0 Å². The fourth-order valence-corrected chi connectivity index (χ4v) is 3.60. The minimum Gasteiger partial charge on any atom is -0.496 e. The number of rotatable bonds is 12. The number of hydrogen-bond donors (Lipinski definition) is 1. The van der Waals surface area contributed by atoms with Crippen LogP contribution in [0.1, 0.15) is 17.5 Å². The summed E-state index contributed by atoms with van der Waals surface area (Å²) in [5, 5.41) is 9.16. The van der Waals surface area contributed by atoms with E-state index in [2.05, 4.69) is 0 Å². The van der Waals surface area contributed by atoms with E-state index >= 15 is 0 Å². The summed E-state index contributed by atoms with van der Waals surface area (Å²) in [7, 11) is 2.86. The average Bonchev–Trinajstić information content (AvgIpc) is 2.87. The van der Waals surface area contributed by atoms with Crippen molar-refractivity contribution in [1.29, 1.82) is 0 Å². The van der Waals surface area contributed by atoms with E-state index in [9.17, 15) is 18.4 Å². The van der Waals surface area contributed by atoms with Crippen LogP contribution in [0.4, 0.5) is 8.78 Å². The summed E-state index contributed by atoms with van der Waals surface area (Å²) in [4.78, 5) is 24.8. The monoisotopic (exact) mass is 499 g/mol. The molecule has 1 N–H and O–H groups in total. The largest absolute Gasteiger partial charge is 0.496 e. The van der Waals surface area contributed by atoms with Crippen molar-refractivity contribution in [2.24, 2.45) is 0 Å². The van der Waals surface area contributed by atoms with Crippen LogP contribution in [0.15, 0.2) is 60.7 Å². The van der Waals surface area contributed by atoms with E-state index in [1.165, 1.54) is 19.1 Å². The molecule has 0 aromatic heterocycles. The number of halogens is 2. The SMILES string of the molecule is COCCC(=O)N(CC(=O)O)Cc1cccc(COc2ccc(-c3cc(F)c(F)cc3OC)cc2)c1. The first-order valence-corrected chi connectivity index (χ1v) is 11.1. The zero-order valence-corrected chi connectivity index (χ0v) is 20.0. The summed E-state index contributed by atoms with van der Waals surface area (Å²) in [5.41, 5.74) is 2.65. The van der Waals surface area contributed by atoms with E-state index in [1.54, 1.807) is 24.3 Å². The number of nitrogens with zero attached hydrogens (tertiary/aromatic N) is 1. The Bertz CT molecular complexity index is 1200. The Hall–Kier alpha value is -3.98. The van der Waals surface area contributed by atoms with Crippen LogP contribution in [0, 0.1) is 11.6 Å². The average molecular weight is 500 g/mol. The molecule has 190 valence electrons. The molecule has 1 amide bonds. The van der Waals surface area contributed by atoms with Crippen LogP contribution < -0.4 is 9.47 Å². The van der Waals surface area contributed by atoms with Crippen molar-refractivity contribution in [3.63, 3.8) is 0 Å². The van der Waals surface area contributed by atoms with E-state index in [4.69, 9.17) is 19.3 Å². The second kappa shape index (κ2) is 12.6. The van der Waals surface area contributed by atoms with E-state index in [0.29, 0.717) is 16.9 Å². The highest BCUT2D eigenvalue weighted by atomic mass is 19.2. The number of amides is 1. The van der Waals surface area contributed by atoms with Gasteiger partial charge in [-0.05, 0) is 34.9 Å². The number of carboxylic acid groups (broad SMARTS) is 1. The van der Waals surface area contributed by atoms with E-state index in [1.807, 2.05) is 24.3 Å². The van der Waals surface area contributed by atoms with Gasteiger partial charge in [0.15, 0.2) is 11.6 Å². The van der Waals surface area contributed by atoms with Crippen molar-refractivity contribution in [2.45, 2.75) is 19.6 Å². The molecule has 7 nitrogen and oxygen atoms in total. The Morgan fingerprint density at radius 1 is 0.944 bits per heavy atom. The Balaban J connectivity index is 1.66. The molecule has 3 rings (SSSR count). The summed E-state index contributed by atoms with van der Waals surface area (Å²) < 4.78 is 43.2. The molecule has 0 unspecified atom stereocenters. The van der Waals surface area contributed by atoms with Crippen molar-refractivity contribution in [1.82, 2.24) is 4.90 Å². The molecule has 36 heavy (non-hydrogen) atoms. The summed E-state index contributed by atoms with van der Waals surface area (Å²) in [5.74, 6) is -2.56. The molecule has 0 aliphatic carbocycles. The van der Waals surface area contributed by atoms with E-state index in [0.717, 1.165) is 23.3 Å². The predicted octanol–water partition coefficient (Wildman–Crippen LogP) is 4.67. The van der Waals surface area contributed by atoms with Crippen molar-refractivity contribution in [3.8, 4) is 22.6 Å². The molecular weight excluding hydrogens is 472 g/mol. The first kappa shape index (κ1) is 26.6.